The lowest BCUT2D eigenvalue weighted by Crippen LogP contribution is -2.29. The van der Waals surface area contributed by atoms with Gasteiger partial charge in [-0.25, -0.2) is 4.57 Å². The van der Waals surface area contributed by atoms with Gasteiger partial charge in [-0.05, 0) is 12.8 Å². The first kappa shape index (κ1) is 67.0. The Hall–Kier alpha value is -0.990. The SMILES string of the molecule is CCCCCCCCCCCCCCCCCCCCCCCCCCCCCCC(=O)OC(COC(=O)CCCCCCCCCCCCCCCCCCCCC)COP(=O)(O)OCCN. The molecule has 10 heteroatoms. The maximum Gasteiger partial charge on any atom is 0.472 e. The van der Waals surface area contributed by atoms with E-state index in [4.69, 9.17) is 24.3 Å². The average molecular weight is 987 g/mol. The molecule has 0 saturated carbocycles. The molecule has 3 N–H and O–H groups in total. The highest BCUT2D eigenvalue weighted by atomic mass is 31.2. The average Bonchev–Trinajstić information content (AvgIpc) is 3.33. The van der Waals surface area contributed by atoms with E-state index in [1.807, 2.05) is 0 Å². The van der Waals surface area contributed by atoms with E-state index in [2.05, 4.69) is 13.8 Å². The molecule has 68 heavy (non-hydrogen) atoms. The van der Waals surface area contributed by atoms with Crippen molar-refractivity contribution in [3.8, 4) is 0 Å². The van der Waals surface area contributed by atoms with Crippen molar-refractivity contribution in [2.45, 2.75) is 335 Å². The fourth-order valence-electron chi connectivity index (χ4n) is 9.29. The van der Waals surface area contributed by atoms with Crippen LogP contribution in [-0.4, -0.2) is 49.3 Å². The second-order valence-electron chi connectivity index (χ2n) is 20.6. The number of hydrogen-bond acceptors (Lipinski definition) is 8. The zero-order chi connectivity index (χ0) is 49.5. The first-order chi connectivity index (χ1) is 33.3. The van der Waals surface area contributed by atoms with Crippen molar-refractivity contribution in [1.82, 2.24) is 0 Å². The Balaban J connectivity index is 3.87. The molecule has 2 unspecified atom stereocenters. The molecule has 0 spiro atoms. The Morgan fingerprint density at radius 2 is 0.632 bits per heavy atom. The number of phosphoric acid groups is 1. The van der Waals surface area contributed by atoms with Gasteiger partial charge in [-0.2, -0.15) is 0 Å². The van der Waals surface area contributed by atoms with Gasteiger partial charge in [-0.15, -0.1) is 0 Å². The van der Waals surface area contributed by atoms with Crippen molar-refractivity contribution < 1.29 is 37.6 Å². The summed E-state index contributed by atoms with van der Waals surface area (Å²) in [5, 5.41) is 0. The number of phosphoric ester groups is 1. The predicted octanol–water partition coefficient (Wildman–Crippen LogP) is 18.7. The Labute approximate surface area is 422 Å². The number of rotatable bonds is 58. The van der Waals surface area contributed by atoms with E-state index < -0.39 is 26.5 Å². The first-order valence-electron chi connectivity index (χ1n) is 30.0. The summed E-state index contributed by atoms with van der Waals surface area (Å²) in [6, 6.07) is 0. The van der Waals surface area contributed by atoms with Gasteiger partial charge in [-0.1, -0.05) is 303 Å². The molecule has 0 aliphatic carbocycles. The molecule has 0 saturated heterocycles. The van der Waals surface area contributed by atoms with Crippen molar-refractivity contribution in [2.24, 2.45) is 5.73 Å². The third-order valence-corrected chi connectivity index (χ3v) is 14.7. The van der Waals surface area contributed by atoms with E-state index >= 15 is 0 Å². The molecule has 0 aliphatic heterocycles. The zero-order valence-corrected chi connectivity index (χ0v) is 46.3. The first-order valence-corrected chi connectivity index (χ1v) is 31.5. The van der Waals surface area contributed by atoms with E-state index in [-0.39, 0.29) is 38.6 Å². The van der Waals surface area contributed by atoms with Crippen molar-refractivity contribution in [3.05, 3.63) is 0 Å². The minimum atomic E-state index is -4.38. The molecule has 0 heterocycles. The number of carbonyl (C=O) groups excluding carboxylic acids is 2. The van der Waals surface area contributed by atoms with Crippen molar-refractivity contribution >= 4 is 19.8 Å². The van der Waals surface area contributed by atoms with Crippen LogP contribution >= 0.6 is 7.82 Å². The molecule has 0 aromatic heterocycles. The topological polar surface area (TPSA) is 134 Å². The molecule has 0 aliphatic rings. The van der Waals surface area contributed by atoms with Crippen LogP contribution in [0.1, 0.15) is 328 Å². The summed E-state index contributed by atoms with van der Waals surface area (Å²) < 4.78 is 33.1. The van der Waals surface area contributed by atoms with Crippen molar-refractivity contribution in [3.63, 3.8) is 0 Å². The lowest BCUT2D eigenvalue weighted by Gasteiger charge is -2.19. The second-order valence-corrected chi connectivity index (χ2v) is 22.0. The number of unbranched alkanes of at least 4 members (excludes halogenated alkanes) is 45. The molecular weight excluding hydrogens is 870 g/mol. The molecule has 2 atom stereocenters. The highest BCUT2D eigenvalue weighted by Gasteiger charge is 2.26. The summed E-state index contributed by atoms with van der Waals surface area (Å²) in [5.41, 5.74) is 5.38. The molecule has 0 bridgehead atoms. The van der Waals surface area contributed by atoms with E-state index in [0.29, 0.717) is 6.42 Å². The van der Waals surface area contributed by atoms with E-state index in [0.717, 1.165) is 32.1 Å². The molecule has 406 valence electrons. The molecule has 0 fully saturated rings. The van der Waals surface area contributed by atoms with Crippen LogP contribution in [-0.2, 0) is 32.7 Å². The highest BCUT2D eigenvalue weighted by molar-refractivity contribution is 7.47. The van der Waals surface area contributed by atoms with Gasteiger partial charge < -0.3 is 20.1 Å². The van der Waals surface area contributed by atoms with Gasteiger partial charge in [0.05, 0.1) is 13.2 Å². The summed E-state index contributed by atoms with van der Waals surface area (Å²) >= 11 is 0. The van der Waals surface area contributed by atoms with Crippen molar-refractivity contribution in [2.75, 3.05) is 26.4 Å². The minimum Gasteiger partial charge on any atom is -0.462 e. The Bertz CT molecular complexity index is 1080. The smallest absolute Gasteiger partial charge is 0.462 e. The molecule has 0 amide bonds. The van der Waals surface area contributed by atoms with Crippen LogP contribution < -0.4 is 5.73 Å². The fraction of sp³-hybridized carbons (Fsp3) is 0.966. The molecule has 0 aromatic rings. The Kier molecular flexibility index (Phi) is 54.5. The summed E-state index contributed by atoms with van der Waals surface area (Å²) in [6.45, 7) is 3.83. The highest BCUT2D eigenvalue weighted by Crippen LogP contribution is 2.43. The van der Waals surface area contributed by atoms with Crippen LogP contribution in [0.4, 0.5) is 0 Å². The third-order valence-electron chi connectivity index (χ3n) is 13.7. The van der Waals surface area contributed by atoms with Gasteiger partial charge in [0.25, 0.3) is 0 Å². The number of carbonyl (C=O) groups is 2. The molecule has 9 nitrogen and oxygen atoms in total. The van der Waals surface area contributed by atoms with Gasteiger partial charge in [0.2, 0.25) is 0 Å². The second kappa shape index (κ2) is 55.3. The number of hydrogen-bond donors (Lipinski definition) is 2. The Morgan fingerprint density at radius 3 is 0.897 bits per heavy atom. The largest absolute Gasteiger partial charge is 0.472 e. The van der Waals surface area contributed by atoms with Gasteiger partial charge in [0.1, 0.15) is 6.61 Å². The number of ether oxygens (including phenoxy) is 2. The normalized spacial score (nSPS) is 12.9. The summed E-state index contributed by atoms with van der Waals surface area (Å²) in [6.07, 6.45) is 61.7. The molecular formula is C58H116NO8P. The third kappa shape index (κ3) is 54.3. The summed E-state index contributed by atoms with van der Waals surface area (Å²) in [5.74, 6) is -0.802. The van der Waals surface area contributed by atoms with Crippen molar-refractivity contribution in [1.29, 1.82) is 0 Å². The summed E-state index contributed by atoms with van der Waals surface area (Å²) in [4.78, 5) is 35.2. The monoisotopic (exact) mass is 986 g/mol. The predicted molar refractivity (Wildman–Crippen MR) is 289 cm³/mol. The van der Waals surface area contributed by atoms with Crippen LogP contribution in [0.15, 0.2) is 0 Å². The van der Waals surface area contributed by atoms with E-state index in [1.165, 1.54) is 263 Å². The summed E-state index contributed by atoms with van der Waals surface area (Å²) in [7, 11) is -4.38. The lowest BCUT2D eigenvalue weighted by atomic mass is 10.0. The fourth-order valence-corrected chi connectivity index (χ4v) is 10.1. The maximum atomic E-state index is 12.7. The standard InChI is InChI=1S/C58H116NO8P/c1-3-5-7-9-11-13-15-17-19-21-23-24-25-26-27-28-29-30-31-33-35-37-39-41-43-45-47-49-51-58(61)67-56(55-66-68(62,63)65-53-52-59)54-64-57(60)50-48-46-44-42-40-38-36-34-32-22-20-18-16-14-12-10-8-6-4-2/h56H,3-55,59H2,1-2H3,(H,62,63). The maximum absolute atomic E-state index is 12.7. The molecule has 0 radical (unpaired) electrons. The number of nitrogens with two attached hydrogens (primary N) is 1. The van der Waals surface area contributed by atoms with Crippen LogP contribution in [0.5, 0.6) is 0 Å². The Morgan fingerprint density at radius 1 is 0.382 bits per heavy atom. The van der Waals surface area contributed by atoms with Crippen LogP contribution in [0.3, 0.4) is 0 Å². The molecule has 0 rings (SSSR count). The minimum absolute atomic E-state index is 0.0586. The van der Waals surface area contributed by atoms with Crippen LogP contribution in [0.25, 0.3) is 0 Å². The van der Waals surface area contributed by atoms with Gasteiger partial charge in [0.15, 0.2) is 6.10 Å². The zero-order valence-electron chi connectivity index (χ0n) is 45.4. The van der Waals surface area contributed by atoms with Crippen LogP contribution in [0.2, 0.25) is 0 Å². The van der Waals surface area contributed by atoms with Crippen LogP contribution in [0, 0.1) is 0 Å². The van der Waals surface area contributed by atoms with E-state index in [1.54, 1.807) is 0 Å². The quantitative estimate of drug-likeness (QED) is 0.0347. The van der Waals surface area contributed by atoms with Gasteiger partial charge >= 0.3 is 19.8 Å². The lowest BCUT2D eigenvalue weighted by molar-refractivity contribution is -0.161. The van der Waals surface area contributed by atoms with E-state index in [9.17, 15) is 19.0 Å². The number of esters is 2. The van der Waals surface area contributed by atoms with Gasteiger partial charge in [0, 0.05) is 19.4 Å². The molecule has 0 aromatic carbocycles. The van der Waals surface area contributed by atoms with Gasteiger partial charge in [-0.3, -0.25) is 18.6 Å².